The van der Waals surface area contributed by atoms with E-state index < -0.39 is 0 Å². The molecule has 0 bridgehead atoms. The molecule has 0 N–H and O–H groups in total. The Morgan fingerprint density at radius 1 is 1.35 bits per heavy atom. The minimum Gasteiger partial charge on any atom is -0.352 e. The van der Waals surface area contributed by atoms with Crippen LogP contribution in [0.2, 0.25) is 0 Å². The van der Waals surface area contributed by atoms with Crippen LogP contribution in [0.3, 0.4) is 0 Å². The maximum atomic E-state index is 4.77. The number of anilines is 1. The average molecular weight is 231 g/mol. The zero-order chi connectivity index (χ0) is 11.8. The summed E-state index contributed by atoms with van der Waals surface area (Å²) < 4.78 is 0. The van der Waals surface area contributed by atoms with Gasteiger partial charge in [0.25, 0.3) is 0 Å². The van der Waals surface area contributed by atoms with E-state index in [1.807, 2.05) is 0 Å². The molecule has 1 aromatic rings. The minimum atomic E-state index is 0.694. The fourth-order valence-corrected chi connectivity index (χ4v) is 3.28. The first kappa shape index (κ1) is 11.0. The van der Waals surface area contributed by atoms with Crippen molar-refractivity contribution in [1.29, 1.82) is 0 Å². The lowest BCUT2D eigenvalue weighted by molar-refractivity contribution is 0.386. The smallest absolute Gasteiger partial charge is 0.129 e. The zero-order valence-corrected chi connectivity index (χ0v) is 10.8. The van der Waals surface area contributed by atoms with Crippen molar-refractivity contribution >= 4 is 5.82 Å². The summed E-state index contributed by atoms with van der Waals surface area (Å²) in [5, 5.41) is 0. The largest absolute Gasteiger partial charge is 0.352 e. The van der Waals surface area contributed by atoms with Crippen LogP contribution in [0.15, 0.2) is 18.2 Å². The molecule has 2 aliphatic heterocycles. The van der Waals surface area contributed by atoms with Crippen molar-refractivity contribution in [3.63, 3.8) is 0 Å². The topological polar surface area (TPSA) is 19.4 Å². The van der Waals surface area contributed by atoms with Gasteiger partial charge in [0, 0.05) is 31.4 Å². The molecule has 0 spiro atoms. The van der Waals surface area contributed by atoms with Gasteiger partial charge < -0.3 is 9.80 Å². The maximum Gasteiger partial charge on any atom is 0.129 e. The van der Waals surface area contributed by atoms with Crippen molar-refractivity contribution in [3.8, 4) is 0 Å². The quantitative estimate of drug-likeness (QED) is 0.773. The lowest BCUT2D eigenvalue weighted by Crippen LogP contribution is -2.35. The van der Waals surface area contributed by atoms with E-state index in [0.717, 1.165) is 12.3 Å². The number of fused-ring (bicyclic) bond motifs is 1. The highest BCUT2D eigenvalue weighted by Gasteiger charge is 2.40. The Morgan fingerprint density at radius 2 is 2.24 bits per heavy atom. The Bertz CT molecular complexity index is 404. The third-order valence-electron chi connectivity index (χ3n) is 4.18. The number of likely N-dealkylation sites (tertiary alicyclic amines) is 1. The van der Waals surface area contributed by atoms with Gasteiger partial charge in [-0.3, -0.25) is 0 Å². The summed E-state index contributed by atoms with van der Waals surface area (Å²) in [6, 6.07) is 7.13. The van der Waals surface area contributed by atoms with Crippen molar-refractivity contribution in [1.82, 2.24) is 9.88 Å². The maximum absolute atomic E-state index is 4.77. The normalized spacial score (nSPS) is 28.7. The van der Waals surface area contributed by atoms with Crippen LogP contribution < -0.4 is 4.90 Å². The van der Waals surface area contributed by atoms with Gasteiger partial charge in [-0.25, -0.2) is 4.98 Å². The van der Waals surface area contributed by atoms with Crippen LogP contribution >= 0.6 is 0 Å². The van der Waals surface area contributed by atoms with Crippen LogP contribution in [0.25, 0.3) is 0 Å². The van der Waals surface area contributed by atoms with E-state index in [2.05, 4.69) is 42.0 Å². The lowest BCUT2D eigenvalue weighted by Gasteiger charge is -2.25. The van der Waals surface area contributed by atoms with Gasteiger partial charge in [0.2, 0.25) is 0 Å². The Balaban J connectivity index is 1.84. The van der Waals surface area contributed by atoms with E-state index in [9.17, 15) is 0 Å². The van der Waals surface area contributed by atoms with Crippen molar-refractivity contribution < 1.29 is 0 Å². The second-order valence-electron chi connectivity index (χ2n) is 5.37. The highest BCUT2D eigenvalue weighted by Crippen LogP contribution is 2.33. The van der Waals surface area contributed by atoms with E-state index in [-0.39, 0.29) is 0 Å². The number of aryl methyl sites for hydroxylation is 1. The van der Waals surface area contributed by atoms with Gasteiger partial charge >= 0.3 is 0 Å². The molecule has 2 atom stereocenters. The number of nitrogens with zero attached hydrogens (tertiary/aromatic N) is 3. The second kappa shape index (κ2) is 4.30. The van der Waals surface area contributed by atoms with Crippen LogP contribution in [0.4, 0.5) is 5.82 Å². The summed E-state index contributed by atoms with van der Waals surface area (Å²) >= 11 is 0. The lowest BCUT2D eigenvalue weighted by atomic mass is 10.1. The summed E-state index contributed by atoms with van der Waals surface area (Å²) in [6.07, 6.45) is 2.35. The van der Waals surface area contributed by atoms with Gasteiger partial charge in [-0.15, -0.1) is 0 Å². The Labute approximate surface area is 103 Å². The number of rotatable bonds is 2. The molecule has 0 aliphatic carbocycles. The van der Waals surface area contributed by atoms with E-state index in [0.29, 0.717) is 6.04 Å². The standard InChI is InChI=1S/C14H21N3/c1-3-12-5-4-6-14(15-12)17-8-7-11-9-16(2)10-13(11)17/h4-6,11,13H,3,7-10H2,1-2H3. The van der Waals surface area contributed by atoms with Gasteiger partial charge in [-0.05, 0) is 37.9 Å². The molecule has 2 fully saturated rings. The molecule has 0 aromatic carbocycles. The minimum absolute atomic E-state index is 0.694. The molecule has 2 aliphatic rings. The number of pyridine rings is 1. The molecule has 3 nitrogen and oxygen atoms in total. The third kappa shape index (κ3) is 1.93. The van der Waals surface area contributed by atoms with Gasteiger partial charge in [0.05, 0.1) is 0 Å². The first-order chi connectivity index (χ1) is 8.28. The summed E-state index contributed by atoms with van der Waals surface area (Å²) in [5.74, 6) is 2.04. The molecule has 3 rings (SSSR count). The molecule has 0 saturated carbocycles. The van der Waals surface area contributed by atoms with Crippen molar-refractivity contribution in [2.45, 2.75) is 25.8 Å². The number of hydrogen-bond acceptors (Lipinski definition) is 3. The first-order valence-electron chi connectivity index (χ1n) is 6.69. The predicted molar refractivity (Wildman–Crippen MR) is 70.4 cm³/mol. The van der Waals surface area contributed by atoms with E-state index in [4.69, 9.17) is 4.98 Å². The van der Waals surface area contributed by atoms with Crippen molar-refractivity contribution in [2.75, 3.05) is 31.6 Å². The zero-order valence-electron chi connectivity index (χ0n) is 10.8. The van der Waals surface area contributed by atoms with Crippen molar-refractivity contribution in [2.24, 2.45) is 5.92 Å². The number of likely N-dealkylation sites (N-methyl/N-ethyl adjacent to an activating group) is 1. The first-order valence-corrected chi connectivity index (χ1v) is 6.69. The van der Waals surface area contributed by atoms with E-state index in [1.165, 1.54) is 37.6 Å². The number of aromatic nitrogens is 1. The summed E-state index contributed by atoms with van der Waals surface area (Å²) in [6.45, 7) is 5.81. The molecule has 0 radical (unpaired) electrons. The van der Waals surface area contributed by atoms with Crippen LogP contribution in [-0.2, 0) is 6.42 Å². The van der Waals surface area contributed by atoms with Crippen LogP contribution in [0, 0.1) is 5.92 Å². The van der Waals surface area contributed by atoms with Gasteiger partial charge in [0.15, 0.2) is 0 Å². The Hall–Kier alpha value is -1.09. The molecule has 2 unspecified atom stereocenters. The van der Waals surface area contributed by atoms with Gasteiger partial charge in [-0.1, -0.05) is 13.0 Å². The van der Waals surface area contributed by atoms with E-state index in [1.54, 1.807) is 0 Å². The highest BCUT2D eigenvalue weighted by molar-refractivity contribution is 5.43. The predicted octanol–water partition coefficient (Wildman–Crippen LogP) is 1.78. The molecule has 0 amide bonds. The molecule has 3 heterocycles. The molecular weight excluding hydrogens is 210 g/mol. The highest BCUT2D eigenvalue weighted by atomic mass is 15.3. The van der Waals surface area contributed by atoms with E-state index >= 15 is 0 Å². The third-order valence-corrected chi connectivity index (χ3v) is 4.18. The van der Waals surface area contributed by atoms with Crippen molar-refractivity contribution in [3.05, 3.63) is 23.9 Å². The van der Waals surface area contributed by atoms with Gasteiger partial charge in [-0.2, -0.15) is 0 Å². The molecule has 17 heavy (non-hydrogen) atoms. The molecule has 3 heteroatoms. The molecule has 1 aromatic heterocycles. The summed E-state index contributed by atoms with van der Waals surface area (Å²) in [5.41, 5.74) is 1.21. The SMILES string of the molecule is CCc1cccc(N2CCC3CN(C)CC32)n1. The Morgan fingerprint density at radius 3 is 3.06 bits per heavy atom. The molecular formula is C14H21N3. The van der Waals surface area contributed by atoms with Gasteiger partial charge in [0.1, 0.15) is 5.82 Å². The summed E-state index contributed by atoms with van der Waals surface area (Å²) in [7, 11) is 2.23. The monoisotopic (exact) mass is 231 g/mol. The fourth-order valence-electron chi connectivity index (χ4n) is 3.28. The second-order valence-corrected chi connectivity index (χ2v) is 5.37. The number of hydrogen-bond donors (Lipinski definition) is 0. The van der Waals surface area contributed by atoms with Crippen LogP contribution in [0.1, 0.15) is 19.0 Å². The average Bonchev–Trinajstić information content (AvgIpc) is 2.87. The molecule has 2 saturated heterocycles. The van der Waals surface area contributed by atoms with Crippen LogP contribution in [0.5, 0.6) is 0 Å². The summed E-state index contributed by atoms with van der Waals surface area (Å²) in [4.78, 5) is 9.74. The fraction of sp³-hybridized carbons (Fsp3) is 0.643. The van der Waals surface area contributed by atoms with Crippen LogP contribution in [-0.4, -0.2) is 42.6 Å². The molecule has 92 valence electrons. The Kier molecular flexibility index (Phi) is 2.79.